The quantitative estimate of drug-likeness (QED) is 0.218. The van der Waals surface area contributed by atoms with Crippen molar-refractivity contribution < 1.29 is 9.53 Å². The summed E-state index contributed by atoms with van der Waals surface area (Å²) in [5.41, 5.74) is 6.53. The van der Waals surface area contributed by atoms with E-state index in [9.17, 15) is 4.79 Å². The first-order chi connectivity index (χ1) is 12.7. The predicted octanol–water partition coefficient (Wildman–Crippen LogP) is 1.10. The van der Waals surface area contributed by atoms with Crippen molar-refractivity contribution in [2.24, 2.45) is 16.6 Å². The number of nitrogens with zero attached hydrogens (tertiary/aromatic N) is 3. The van der Waals surface area contributed by atoms with Gasteiger partial charge in [0.05, 0.1) is 0 Å². The zero-order valence-electron chi connectivity index (χ0n) is 16.1. The molecule has 0 unspecified atom stereocenters. The summed E-state index contributed by atoms with van der Waals surface area (Å²) in [4.78, 5) is 22.4. The summed E-state index contributed by atoms with van der Waals surface area (Å²) in [5, 5.41) is 6.59. The van der Waals surface area contributed by atoms with Crippen LogP contribution in [-0.2, 0) is 16.1 Å². The molecule has 9 heteroatoms. The largest absolute Gasteiger partial charge is 0.385 e. The van der Waals surface area contributed by atoms with Gasteiger partial charge in [0.1, 0.15) is 5.82 Å². The van der Waals surface area contributed by atoms with Crippen molar-refractivity contribution in [2.45, 2.75) is 25.8 Å². The Morgan fingerprint density at radius 2 is 2.15 bits per heavy atom. The number of amides is 1. The number of piperidine rings is 1. The average Bonchev–Trinajstić information content (AvgIpc) is 2.68. The summed E-state index contributed by atoms with van der Waals surface area (Å²) in [5.74, 6) is 1.49. The van der Waals surface area contributed by atoms with Gasteiger partial charge in [-0.2, -0.15) is 0 Å². The Balaban J connectivity index is 0.00000364. The number of pyridine rings is 1. The standard InChI is InChI=1S/C18H30N6O2.HI/c1-20-18(22-9-4-12-26-2)23-13-15-5-3-8-21-17(15)24-10-6-14(7-11-24)16(19)25;/h3,5,8,14H,4,6-7,9-13H2,1-2H3,(H2,19,25)(H2,20,22,23);1H. The molecular formula is C18H31IN6O2. The fraction of sp³-hybridized carbons (Fsp3) is 0.611. The summed E-state index contributed by atoms with van der Waals surface area (Å²) in [7, 11) is 3.45. The summed E-state index contributed by atoms with van der Waals surface area (Å²) < 4.78 is 5.05. The third-order valence-corrected chi connectivity index (χ3v) is 4.55. The number of anilines is 1. The van der Waals surface area contributed by atoms with Gasteiger partial charge in [0, 0.05) is 64.6 Å². The fourth-order valence-corrected chi connectivity index (χ4v) is 3.05. The van der Waals surface area contributed by atoms with E-state index < -0.39 is 0 Å². The number of guanidine groups is 1. The second-order valence-corrected chi connectivity index (χ2v) is 6.35. The summed E-state index contributed by atoms with van der Waals surface area (Å²) >= 11 is 0. The smallest absolute Gasteiger partial charge is 0.220 e. The highest BCUT2D eigenvalue weighted by Crippen LogP contribution is 2.24. The van der Waals surface area contributed by atoms with Crippen LogP contribution >= 0.6 is 24.0 Å². The minimum atomic E-state index is -0.198. The highest BCUT2D eigenvalue weighted by Gasteiger charge is 2.24. The first-order valence-electron chi connectivity index (χ1n) is 9.07. The number of hydrogen-bond donors (Lipinski definition) is 3. The average molecular weight is 490 g/mol. The number of halogens is 1. The molecule has 1 saturated heterocycles. The van der Waals surface area contributed by atoms with Gasteiger partial charge in [0.15, 0.2) is 5.96 Å². The Hall–Kier alpha value is -1.62. The molecule has 1 aromatic rings. The molecule has 1 aliphatic rings. The zero-order valence-corrected chi connectivity index (χ0v) is 18.4. The highest BCUT2D eigenvalue weighted by atomic mass is 127. The number of carbonyl (C=O) groups excluding carboxylic acids is 1. The van der Waals surface area contributed by atoms with Crippen molar-refractivity contribution >= 4 is 41.7 Å². The van der Waals surface area contributed by atoms with Crippen molar-refractivity contribution in [1.82, 2.24) is 15.6 Å². The van der Waals surface area contributed by atoms with Crippen LogP contribution in [-0.4, -0.2) is 57.2 Å². The Kier molecular flexibility index (Phi) is 11.0. The highest BCUT2D eigenvalue weighted by molar-refractivity contribution is 14.0. The van der Waals surface area contributed by atoms with E-state index in [0.29, 0.717) is 6.54 Å². The van der Waals surface area contributed by atoms with Crippen LogP contribution < -0.4 is 21.3 Å². The third kappa shape index (κ3) is 7.49. The number of nitrogens with two attached hydrogens (primary N) is 1. The van der Waals surface area contributed by atoms with Crippen molar-refractivity contribution in [3.63, 3.8) is 0 Å². The van der Waals surface area contributed by atoms with Gasteiger partial charge in [-0.1, -0.05) is 6.07 Å². The van der Waals surface area contributed by atoms with Crippen molar-refractivity contribution in [3.8, 4) is 0 Å². The molecule has 4 N–H and O–H groups in total. The topological polar surface area (TPSA) is 105 Å². The molecule has 0 bridgehead atoms. The van der Waals surface area contributed by atoms with Gasteiger partial charge in [-0.25, -0.2) is 4.98 Å². The monoisotopic (exact) mass is 490 g/mol. The van der Waals surface area contributed by atoms with Gasteiger partial charge < -0.3 is 26.0 Å². The maximum absolute atomic E-state index is 11.4. The Bertz CT molecular complexity index is 605. The number of carbonyl (C=O) groups is 1. The van der Waals surface area contributed by atoms with E-state index in [-0.39, 0.29) is 35.8 Å². The molecule has 2 rings (SSSR count). The lowest BCUT2D eigenvalue weighted by Gasteiger charge is -2.32. The van der Waals surface area contributed by atoms with Crippen LogP contribution in [0.25, 0.3) is 0 Å². The van der Waals surface area contributed by atoms with Crippen molar-refractivity contribution in [1.29, 1.82) is 0 Å². The van der Waals surface area contributed by atoms with E-state index in [2.05, 4.69) is 31.6 Å². The van der Waals surface area contributed by atoms with E-state index in [1.165, 1.54) is 0 Å². The molecule has 0 spiro atoms. The SMILES string of the molecule is CN=C(NCCCOC)NCc1cccnc1N1CCC(C(N)=O)CC1.I. The van der Waals surface area contributed by atoms with Crippen molar-refractivity contribution in [2.75, 3.05) is 45.3 Å². The summed E-state index contributed by atoms with van der Waals surface area (Å²) in [6, 6.07) is 4.00. The second-order valence-electron chi connectivity index (χ2n) is 6.35. The van der Waals surface area contributed by atoms with Gasteiger partial charge in [0.25, 0.3) is 0 Å². The lowest BCUT2D eigenvalue weighted by atomic mass is 9.96. The molecule has 1 aliphatic heterocycles. The van der Waals surface area contributed by atoms with Crippen LogP contribution in [0.3, 0.4) is 0 Å². The van der Waals surface area contributed by atoms with Crippen LogP contribution in [0.1, 0.15) is 24.8 Å². The molecule has 0 radical (unpaired) electrons. The maximum atomic E-state index is 11.4. The van der Waals surface area contributed by atoms with Crippen LogP contribution in [0.4, 0.5) is 5.82 Å². The first kappa shape index (κ1) is 23.4. The number of aromatic nitrogens is 1. The molecular weight excluding hydrogens is 459 g/mol. The summed E-state index contributed by atoms with van der Waals surface area (Å²) in [6.45, 7) is 3.73. The molecule has 0 saturated carbocycles. The van der Waals surface area contributed by atoms with Gasteiger partial charge >= 0.3 is 0 Å². The number of primary amides is 1. The Labute approximate surface area is 178 Å². The lowest BCUT2D eigenvalue weighted by Crippen LogP contribution is -2.40. The number of rotatable bonds is 8. The van der Waals surface area contributed by atoms with E-state index in [4.69, 9.17) is 10.5 Å². The van der Waals surface area contributed by atoms with E-state index in [1.54, 1.807) is 20.4 Å². The minimum absolute atomic E-state index is 0. The molecule has 2 heterocycles. The third-order valence-electron chi connectivity index (χ3n) is 4.55. The normalized spacial score (nSPS) is 15.2. The fourth-order valence-electron chi connectivity index (χ4n) is 3.05. The molecule has 0 atom stereocenters. The number of methoxy groups -OCH3 is 1. The number of hydrogen-bond acceptors (Lipinski definition) is 5. The molecule has 27 heavy (non-hydrogen) atoms. The molecule has 0 aromatic carbocycles. The van der Waals surface area contributed by atoms with Crippen LogP contribution in [0.2, 0.25) is 0 Å². The molecule has 1 aromatic heterocycles. The molecule has 152 valence electrons. The first-order valence-corrected chi connectivity index (χ1v) is 9.07. The number of nitrogens with one attached hydrogen (secondary N) is 2. The zero-order chi connectivity index (χ0) is 18.8. The minimum Gasteiger partial charge on any atom is -0.385 e. The van der Waals surface area contributed by atoms with E-state index >= 15 is 0 Å². The van der Waals surface area contributed by atoms with Gasteiger partial charge in [-0.05, 0) is 25.3 Å². The van der Waals surface area contributed by atoms with Gasteiger partial charge in [-0.3, -0.25) is 9.79 Å². The molecule has 0 aliphatic carbocycles. The Morgan fingerprint density at radius 1 is 1.41 bits per heavy atom. The van der Waals surface area contributed by atoms with Crippen LogP contribution in [0.15, 0.2) is 23.3 Å². The van der Waals surface area contributed by atoms with Crippen molar-refractivity contribution in [3.05, 3.63) is 23.9 Å². The van der Waals surface area contributed by atoms with Crippen LogP contribution in [0, 0.1) is 5.92 Å². The number of ether oxygens (including phenoxy) is 1. The van der Waals surface area contributed by atoms with E-state index in [0.717, 1.165) is 62.8 Å². The number of aliphatic imine (C=N–C) groups is 1. The predicted molar refractivity (Wildman–Crippen MR) is 118 cm³/mol. The van der Waals surface area contributed by atoms with Gasteiger partial charge in [0.2, 0.25) is 5.91 Å². The summed E-state index contributed by atoms with van der Waals surface area (Å²) in [6.07, 6.45) is 4.28. The van der Waals surface area contributed by atoms with Crippen LogP contribution in [0.5, 0.6) is 0 Å². The lowest BCUT2D eigenvalue weighted by molar-refractivity contribution is -0.122. The second kappa shape index (κ2) is 12.7. The van der Waals surface area contributed by atoms with Gasteiger partial charge in [-0.15, -0.1) is 24.0 Å². The Morgan fingerprint density at radius 3 is 2.78 bits per heavy atom. The molecule has 1 fully saturated rings. The molecule has 1 amide bonds. The van der Waals surface area contributed by atoms with E-state index in [1.807, 2.05) is 6.07 Å². The maximum Gasteiger partial charge on any atom is 0.220 e. The molecule has 8 nitrogen and oxygen atoms in total.